The third-order valence-corrected chi connectivity index (χ3v) is 2.98. The number of ether oxygens (including phenoxy) is 1. The maximum absolute atomic E-state index is 10.8. The number of aromatic nitrogens is 2. The molecular weight excluding hydrogens is 266 g/mol. The number of hydrogen-bond acceptors (Lipinski definition) is 6. The van der Waals surface area contributed by atoms with E-state index >= 15 is 0 Å². The summed E-state index contributed by atoms with van der Waals surface area (Å²) in [6, 6.07) is 3.73. The van der Waals surface area contributed by atoms with Crippen LogP contribution in [0.3, 0.4) is 0 Å². The Morgan fingerprint density at radius 3 is 3.00 bits per heavy atom. The first-order valence-electron chi connectivity index (χ1n) is 4.48. The molecule has 0 saturated heterocycles. The molecule has 2 aromatic heterocycles. The molecule has 0 saturated carbocycles. The normalized spacial score (nSPS) is 10.2. The van der Waals surface area contributed by atoms with Crippen LogP contribution < -0.4 is 4.74 Å². The summed E-state index contributed by atoms with van der Waals surface area (Å²) in [5, 5.41) is 12.4. The van der Waals surface area contributed by atoms with Gasteiger partial charge < -0.3 is 4.74 Å². The SMILES string of the molecule is O=[N+]([O-])c1c(Cl)ncnc1OCc1cccs1. The first kappa shape index (κ1) is 11.7. The second-order valence-corrected chi connectivity index (χ2v) is 4.33. The van der Waals surface area contributed by atoms with Crippen LogP contribution in [-0.2, 0) is 6.61 Å². The number of thiophene rings is 1. The highest BCUT2D eigenvalue weighted by Gasteiger charge is 2.23. The summed E-state index contributed by atoms with van der Waals surface area (Å²) in [5.41, 5.74) is -0.411. The van der Waals surface area contributed by atoms with Crippen molar-refractivity contribution in [3.63, 3.8) is 0 Å². The van der Waals surface area contributed by atoms with Crippen LogP contribution in [0.25, 0.3) is 0 Å². The smallest absolute Gasteiger partial charge is 0.367 e. The van der Waals surface area contributed by atoms with E-state index in [0.29, 0.717) is 0 Å². The van der Waals surface area contributed by atoms with Gasteiger partial charge in [-0.1, -0.05) is 17.7 Å². The van der Waals surface area contributed by atoms with Crippen molar-refractivity contribution in [3.05, 3.63) is 44.0 Å². The Labute approximate surface area is 105 Å². The van der Waals surface area contributed by atoms with Crippen molar-refractivity contribution in [1.29, 1.82) is 0 Å². The zero-order valence-corrected chi connectivity index (χ0v) is 9.94. The summed E-state index contributed by atoms with van der Waals surface area (Å²) in [6.07, 6.45) is 1.12. The zero-order valence-electron chi connectivity index (χ0n) is 8.37. The van der Waals surface area contributed by atoms with E-state index in [1.807, 2.05) is 17.5 Å². The average Bonchev–Trinajstić information content (AvgIpc) is 2.78. The highest BCUT2D eigenvalue weighted by atomic mass is 35.5. The number of nitrogens with zero attached hydrogens (tertiary/aromatic N) is 3. The van der Waals surface area contributed by atoms with E-state index in [-0.39, 0.29) is 17.6 Å². The molecule has 0 radical (unpaired) electrons. The molecule has 17 heavy (non-hydrogen) atoms. The largest absolute Gasteiger partial charge is 0.467 e. The zero-order chi connectivity index (χ0) is 12.3. The first-order chi connectivity index (χ1) is 8.18. The second kappa shape index (κ2) is 5.07. The van der Waals surface area contributed by atoms with Crippen molar-refractivity contribution < 1.29 is 9.66 Å². The lowest BCUT2D eigenvalue weighted by atomic mass is 10.5. The molecule has 0 aliphatic rings. The number of nitro groups is 1. The molecule has 2 aromatic rings. The molecular formula is C9H6ClN3O3S. The summed E-state index contributed by atoms with van der Waals surface area (Å²) in [4.78, 5) is 18.3. The van der Waals surface area contributed by atoms with E-state index in [0.717, 1.165) is 11.2 Å². The predicted octanol–water partition coefficient (Wildman–Crippen LogP) is 2.68. The number of halogens is 1. The molecule has 8 heteroatoms. The molecule has 0 amide bonds. The Bertz CT molecular complexity index is 532. The maximum Gasteiger partial charge on any atom is 0.367 e. The molecule has 2 rings (SSSR count). The van der Waals surface area contributed by atoms with Crippen molar-refractivity contribution in [2.24, 2.45) is 0 Å². The summed E-state index contributed by atoms with van der Waals surface area (Å²) in [7, 11) is 0. The van der Waals surface area contributed by atoms with Gasteiger partial charge >= 0.3 is 5.69 Å². The number of hydrogen-bond donors (Lipinski definition) is 0. The Morgan fingerprint density at radius 2 is 2.35 bits per heavy atom. The molecule has 0 aliphatic carbocycles. The average molecular weight is 272 g/mol. The van der Waals surface area contributed by atoms with Gasteiger partial charge in [-0.05, 0) is 11.4 Å². The first-order valence-corrected chi connectivity index (χ1v) is 5.74. The minimum atomic E-state index is -0.661. The van der Waals surface area contributed by atoms with Gasteiger partial charge in [0.2, 0.25) is 5.15 Å². The van der Waals surface area contributed by atoms with Crippen molar-refractivity contribution >= 4 is 28.6 Å². The fourth-order valence-corrected chi connectivity index (χ4v) is 1.95. The lowest BCUT2D eigenvalue weighted by Crippen LogP contribution is -2.01. The van der Waals surface area contributed by atoms with Crippen molar-refractivity contribution in [3.8, 4) is 5.88 Å². The minimum absolute atomic E-state index is 0.122. The third kappa shape index (κ3) is 2.69. The van der Waals surface area contributed by atoms with Gasteiger partial charge in [0.25, 0.3) is 5.88 Å². The lowest BCUT2D eigenvalue weighted by Gasteiger charge is -2.04. The van der Waals surface area contributed by atoms with Crippen molar-refractivity contribution in [1.82, 2.24) is 9.97 Å². The van der Waals surface area contributed by atoms with Crippen LogP contribution in [0.15, 0.2) is 23.8 Å². The fraction of sp³-hybridized carbons (Fsp3) is 0.111. The van der Waals surface area contributed by atoms with Crippen LogP contribution in [0.4, 0.5) is 5.69 Å². The second-order valence-electron chi connectivity index (χ2n) is 2.94. The van der Waals surface area contributed by atoms with E-state index in [4.69, 9.17) is 16.3 Å². The van der Waals surface area contributed by atoms with E-state index < -0.39 is 10.6 Å². The highest BCUT2D eigenvalue weighted by Crippen LogP contribution is 2.30. The molecule has 0 bridgehead atoms. The number of rotatable bonds is 4. The van der Waals surface area contributed by atoms with Gasteiger partial charge in [0.1, 0.15) is 12.9 Å². The maximum atomic E-state index is 10.8. The van der Waals surface area contributed by atoms with Crippen LogP contribution in [0.2, 0.25) is 5.15 Å². The van der Waals surface area contributed by atoms with Gasteiger partial charge in [0, 0.05) is 4.88 Å². The van der Waals surface area contributed by atoms with Gasteiger partial charge in [-0.15, -0.1) is 11.3 Å². The molecule has 0 fully saturated rings. The summed E-state index contributed by atoms with van der Waals surface area (Å²) < 4.78 is 5.26. The molecule has 0 N–H and O–H groups in total. The third-order valence-electron chi connectivity index (χ3n) is 1.86. The molecule has 0 atom stereocenters. The lowest BCUT2D eigenvalue weighted by molar-refractivity contribution is -0.386. The van der Waals surface area contributed by atoms with E-state index in [1.165, 1.54) is 11.3 Å². The predicted molar refractivity (Wildman–Crippen MR) is 62.3 cm³/mol. The van der Waals surface area contributed by atoms with Crippen molar-refractivity contribution in [2.75, 3.05) is 0 Å². The van der Waals surface area contributed by atoms with Crippen molar-refractivity contribution in [2.45, 2.75) is 6.61 Å². The standard InChI is InChI=1S/C9H6ClN3O3S/c10-8-7(13(14)15)9(12-5-11-8)16-4-6-2-1-3-17-6/h1-3,5H,4H2. The van der Waals surface area contributed by atoms with Gasteiger partial charge in [-0.3, -0.25) is 10.1 Å². The van der Waals surface area contributed by atoms with Gasteiger partial charge in [0.05, 0.1) is 4.92 Å². The van der Waals surface area contributed by atoms with Crippen LogP contribution >= 0.6 is 22.9 Å². The Kier molecular flexibility index (Phi) is 3.50. The van der Waals surface area contributed by atoms with Crippen LogP contribution in [0, 0.1) is 10.1 Å². The molecule has 88 valence electrons. The summed E-state index contributed by atoms with van der Waals surface area (Å²) in [5.74, 6) is -0.122. The molecule has 2 heterocycles. The summed E-state index contributed by atoms with van der Waals surface area (Å²) in [6.45, 7) is 0.214. The van der Waals surface area contributed by atoms with Crippen LogP contribution in [0.1, 0.15) is 4.88 Å². The van der Waals surface area contributed by atoms with E-state index in [1.54, 1.807) is 0 Å². The highest BCUT2D eigenvalue weighted by molar-refractivity contribution is 7.09. The minimum Gasteiger partial charge on any atom is -0.467 e. The topological polar surface area (TPSA) is 78.2 Å². The van der Waals surface area contributed by atoms with Gasteiger partial charge in [-0.25, -0.2) is 4.98 Å². The Hall–Kier alpha value is -1.73. The molecule has 0 aliphatic heterocycles. The van der Waals surface area contributed by atoms with Gasteiger partial charge in [0.15, 0.2) is 0 Å². The quantitative estimate of drug-likeness (QED) is 0.485. The van der Waals surface area contributed by atoms with Gasteiger partial charge in [-0.2, -0.15) is 4.98 Å². The van der Waals surface area contributed by atoms with E-state index in [2.05, 4.69) is 9.97 Å². The molecule has 0 spiro atoms. The summed E-state index contributed by atoms with van der Waals surface area (Å²) >= 11 is 7.10. The molecule has 6 nitrogen and oxygen atoms in total. The fourth-order valence-electron chi connectivity index (χ4n) is 1.14. The molecule has 0 unspecified atom stereocenters. The van der Waals surface area contributed by atoms with Crippen LogP contribution in [-0.4, -0.2) is 14.9 Å². The Balaban J connectivity index is 2.21. The van der Waals surface area contributed by atoms with E-state index in [9.17, 15) is 10.1 Å². The Morgan fingerprint density at radius 1 is 1.53 bits per heavy atom. The van der Waals surface area contributed by atoms with Crippen LogP contribution in [0.5, 0.6) is 5.88 Å². The molecule has 0 aromatic carbocycles. The monoisotopic (exact) mass is 271 g/mol.